The molecule has 4 heteroatoms. The first-order chi connectivity index (χ1) is 8.62. The van der Waals surface area contributed by atoms with Crippen LogP contribution in [-0.4, -0.2) is 38.4 Å². The average molecular weight is 257 g/mol. The SMILES string of the molecule is CCC(C)C(NC1CCC(OC)CC1)C(=O)OC. The van der Waals surface area contributed by atoms with Crippen LogP contribution in [0.3, 0.4) is 0 Å². The van der Waals surface area contributed by atoms with Crippen LogP contribution in [0.4, 0.5) is 0 Å². The molecule has 0 amide bonds. The molecule has 106 valence electrons. The molecule has 1 fully saturated rings. The Hall–Kier alpha value is -0.610. The molecule has 0 saturated heterocycles. The van der Waals surface area contributed by atoms with Crippen LogP contribution < -0.4 is 5.32 Å². The fourth-order valence-corrected chi connectivity index (χ4v) is 2.55. The zero-order valence-electron chi connectivity index (χ0n) is 12.1. The molecular weight excluding hydrogens is 230 g/mol. The number of esters is 1. The summed E-state index contributed by atoms with van der Waals surface area (Å²) in [5, 5.41) is 3.47. The van der Waals surface area contributed by atoms with Crippen molar-refractivity contribution < 1.29 is 14.3 Å². The van der Waals surface area contributed by atoms with E-state index in [1.165, 1.54) is 7.11 Å². The van der Waals surface area contributed by atoms with Crippen LogP contribution in [0.2, 0.25) is 0 Å². The molecule has 2 unspecified atom stereocenters. The van der Waals surface area contributed by atoms with Gasteiger partial charge in [-0.1, -0.05) is 20.3 Å². The largest absolute Gasteiger partial charge is 0.468 e. The van der Waals surface area contributed by atoms with E-state index in [1.807, 2.05) is 0 Å². The fraction of sp³-hybridized carbons (Fsp3) is 0.929. The van der Waals surface area contributed by atoms with Gasteiger partial charge in [0.25, 0.3) is 0 Å². The first-order valence-corrected chi connectivity index (χ1v) is 6.99. The Morgan fingerprint density at radius 1 is 1.28 bits per heavy atom. The highest BCUT2D eigenvalue weighted by Gasteiger charge is 2.29. The highest BCUT2D eigenvalue weighted by atomic mass is 16.5. The third kappa shape index (κ3) is 4.25. The fourth-order valence-electron chi connectivity index (χ4n) is 2.55. The third-order valence-corrected chi connectivity index (χ3v) is 4.09. The number of hydrogen-bond acceptors (Lipinski definition) is 4. The summed E-state index contributed by atoms with van der Waals surface area (Å²) in [5.74, 6) is 0.163. The molecule has 1 N–H and O–H groups in total. The van der Waals surface area contributed by atoms with E-state index in [9.17, 15) is 4.79 Å². The Labute approximate surface area is 110 Å². The third-order valence-electron chi connectivity index (χ3n) is 4.09. The summed E-state index contributed by atoms with van der Waals surface area (Å²) in [6.45, 7) is 4.19. The Morgan fingerprint density at radius 3 is 2.33 bits per heavy atom. The second-order valence-corrected chi connectivity index (χ2v) is 5.26. The number of ether oxygens (including phenoxy) is 2. The normalized spacial score (nSPS) is 27.6. The lowest BCUT2D eigenvalue weighted by Crippen LogP contribution is -2.49. The molecule has 0 heterocycles. The van der Waals surface area contributed by atoms with E-state index in [1.54, 1.807) is 7.11 Å². The monoisotopic (exact) mass is 257 g/mol. The minimum atomic E-state index is -0.177. The van der Waals surface area contributed by atoms with Gasteiger partial charge in [-0.3, -0.25) is 4.79 Å². The maximum Gasteiger partial charge on any atom is 0.323 e. The molecule has 0 radical (unpaired) electrons. The minimum Gasteiger partial charge on any atom is -0.468 e. The molecule has 0 bridgehead atoms. The second-order valence-electron chi connectivity index (χ2n) is 5.26. The summed E-state index contributed by atoms with van der Waals surface area (Å²) in [4.78, 5) is 11.8. The number of nitrogens with one attached hydrogen (secondary N) is 1. The molecule has 0 aliphatic heterocycles. The summed E-state index contributed by atoms with van der Waals surface area (Å²) >= 11 is 0. The Kier molecular flexibility index (Phi) is 6.65. The van der Waals surface area contributed by atoms with Crippen molar-refractivity contribution in [1.29, 1.82) is 0 Å². The first-order valence-electron chi connectivity index (χ1n) is 6.99. The zero-order chi connectivity index (χ0) is 13.5. The summed E-state index contributed by atoms with van der Waals surface area (Å²) in [5.41, 5.74) is 0. The van der Waals surface area contributed by atoms with Gasteiger partial charge >= 0.3 is 5.97 Å². The summed E-state index contributed by atoms with van der Waals surface area (Å²) in [6.07, 6.45) is 5.65. The number of rotatable bonds is 6. The van der Waals surface area contributed by atoms with E-state index in [0.717, 1.165) is 32.1 Å². The van der Waals surface area contributed by atoms with Crippen LogP contribution in [0.15, 0.2) is 0 Å². The highest BCUT2D eigenvalue weighted by molar-refractivity contribution is 5.76. The van der Waals surface area contributed by atoms with Gasteiger partial charge in [0.1, 0.15) is 6.04 Å². The molecule has 0 aromatic rings. The summed E-state index contributed by atoms with van der Waals surface area (Å²) < 4.78 is 10.3. The van der Waals surface area contributed by atoms with Crippen molar-refractivity contribution in [2.75, 3.05) is 14.2 Å². The first kappa shape index (κ1) is 15.4. The van der Waals surface area contributed by atoms with Gasteiger partial charge in [-0.15, -0.1) is 0 Å². The molecule has 0 spiro atoms. The van der Waals surface area contributed by atoms with Crippen molar-refractivity contribution in [3.63, 3.8) is 0 Å². The Balaban J connectivity index is 2.49. The number of carbonyl (C=O) groups is 1. The van der Waals surface area contributed by atoms with E-state index < -0.39 is 0 Å². The van der Waals surface area contributed by atoms with Crippen molar-refractivity contribution in [3.8, 4) is 0 Å². The van der Waals surface area contributed by atoms with Gasteiger partial charge < -0.3 is 14.8 Å². The van der Waals surface area contributed by atoms with Crippen molar-refractivity contribution >= 4 is 5.97 Å². The molecule has 0 aromatic carbocycles. The number of hydrogen-bond donors (Lipinski definition) is 1. The molecular formula is C14H27NO3. The van der Waals surface area contributed by atoms with Gasteiger partial charge in [-0.2, -0.15) is 0 Å². The second kappa shape index (κ2) is 7.74. The van der Waals surface area contributed by atoms with Crippen LogP contribution in [0.1, 0.15) is 46.0 Å². The highest BCUT2D eigenvalue weighted by Crippen LogP contribution is 2.22. The van der Waals surface area contributed by atoms with Gasteiger partial charge in [0.05, 0.1) is 13.2 Å². The molecule has 4 nitrogen and oxygen atoms in total. The predicted octanol–water partition coefficient (Wildman–Crippen LogP) is 2.12. The van der Waals surface area contributed by atoms with Gasteiger partial charge in [0.15, 0.2) is 0 Å². The maximum atomic E-state index is 11.8. The molecule has 1 saturated carbocycles. The van der Waals surface area contributed by atoms with Crippen LogP contribution in [-0.2, 0) is 14.3 Å². The maximum absolute atomic E-state index is 11.8. The van der Waals surface area contributed by atoms with E-state index in [0.29, 0.717) is 18.1 Å². The molecule has 1 aliphatic rings. The van der Waals surface area contributed by atoms with Crippen molar-refractivity contribution in [2.24, 2.45) is 5.92 Å². The summed E-state index contributed by atoms with van der Waals surface area (Å²) in [7, 11) is 3.23. The summed E-state index contributed by atoms with van der Waals surface area (Å²) in [6, 6.07) is 0.235. The molecule has 1 aliphatic carbocycles. The smallest absolute Gasteiger partial charge is 0.323 e. The zero-order valence-corrected chi connectivity index (χ0v) is 12.1. The van der Waals surface area contributed by atoms with Gasteiger partial charge in [-0.05, 0) is 31.6 Å². The quantitative estimate of drug-likeness (QED) is 0.740. The lowest BCUT2D eigenvalue weighted by atomic mass is 9.90. The minimum absolute atomic E-state index is 0.141. The van der Waals surface area contributed by atoms with Crippen molar-refractivity contribution in [3.05, 3.63) is 0 Å². The topological polar surface area (TPSA) is 47.6 Å². The number of methoxy groups -OCH3 is 2. The molecule has 0 aromatic heterocycles. The Bertz CT molecular complexity index is 249. The van der Waals surface area contributed by atoms with Gasteiger partial charge in [0.2, 0.25) is 0 Å². The molecule has 18 heavy (non-hydrogen) atoms. The lowest BCUT2D eigenvalue weighted by Gasteiger charge is -2.32. The van der Waals surface area contributed by atoms with E-state index in [-0.39, 0.29) is 12.0 Å². The number of carbonyl (C=O) groups excluding carboxylic acids is 1. The van der Waals surface area contributed by atoms with Crippen LogP contribution in [0.5, 0.6) is 0 Å². The van der Waals surface area contributed by atoms with E-state index in [2.05, 4.69) is 19.2 Å². The van der Waals surface area contributed by atoms with Gasteiger partial charge in [0, 0.05) is 13.2 Å². The van der Waals surface area contributed by atoms with E-state index in [4.69, 9.17) is 9.47 Å². The predicted molar refractivity (Wildman–Crippen MR) is 71.4 cm³/mol. The average Bonchev–Trinajstić information content (AvgIpc) is 2.43. The van der Waals surface area contributed by atoms with Gasteiger partial charge in [-0.25, -0.2) is 0 Å². The molecule has 1 rings (SSSR count). The Morgan fingerprint density at radius 2 is 1.89 bits per heavy atom. The van der Waals surface area contributed by atoms with E-state index >= 15 is 0 Å². The van der Waals surface area contributed by atoms with Crippen LogP contribution in [0, 0.1) is 5.92 Å². The lowest BCUT2D eigenvalue weighted by molar-refractivity contribution is -0.145. The van der Waals surface area contributed by atoms with Crippen LogP contribution in [0.25, 0.3) is 0 Å². The molecule has 2 atom stereocenters. The van der Waals surface area contributed by atoms with Crippen molar-refractivity contribution in [1.82, 2.24) is 5.32 Å². The van der Waals surface area contributed by atoms with Crippen molar-refractivity contribution in [2.45, 2.75) is 64.1 Å². The standard InChI is InChI=1S/C14H27NO3/c1-5-10(2)13(14(16)18-4)15-11-6-8-12(17-3)9-7-11/h10-13,15H,5-9H2,1-4H3. The van der Waals surface area contributed by atoms with Crippen LogP contribution >= 0.6 is 0 Å².